The van der Waals surface area contributed by atoms with Gasteiger partial charge >= 0.3 is 11.8 Å². The van der Waals surface area contributed by atoms with E-state index in [1.807, 2.05) is 37.3 Å². The number of hydrogen-bond donors (Lipinski definition) is 1. The molecule has 1 amide bonds. The van der Waals surface area contributed by atoms with Gasteiger partial charge < -0.3 is 9.73 Å². The van der Waals surface area contributed by atoms with Crippen LogP contribution in [0.15, 0.2) is 52.9 Å². The Kier molecular flexibility index (Phi) is 5.63. The summed E-state index contributed by atoms with van der Waals surface area (Å²) >= 11 is 5.98. The Labute approximate surface area is 155 Å². The maximum absolute atomic E-state index is 13.1. The fourth-order valence-corrected chi connectivity index (χ4v) is 2.70. The van der Waals surface area contributed by atoms with Gasteiger partial charge in [0, 0.05) is 11.6 Å². The number of halogens is 2. The minimum atomic E-state index is -0.434. The van der Waals surface area contributed by atoms with Gasteiger partial charge in [0.15, 0.2) is 0 Å². The van der Waals surface area contributed by atoms with Crippen LogP contribution in [0.5, 0.6) is 0 Å². The molecule has 3 rings (SSSR count). The van der Waals surface area contributed by atoms with Gasteiger partial charge in [-0.3, -0.25) is 4.79 Å². The van der Waals surface area contributed by atoms with E-state index in [2.05, 4.69) is 15.5 Å². The monoisotopic (exact) mass is 373 g/mol. The number of hydrogen-bond acceptors (Lipinski definition) is 4. The van der Waals surface area contributed by atoms with Crippen LogP contribution in [-0.2, 0) is 6.42 Å². The molecule has 1 aromatic heterocycles. The van der Waals surface area contributed by atoms with Gasteiger partial charge in [-0.15, -0.1) is 10.2 Å². The molecule has 0 spiro atoms. The molecule has 0 saturated carbocycles. The number of carbonyl (C=O) groups is 1. The summed E-state index contributed by atoms with van der Waals surface area (Å²) in [5, 5.41) is 10.7. The van der Waals surface area contributed by atoms with E-state index in [9.17, 15) is 9.18 Å². The first-order chi connectivity index (χ1) is 12.5. The summed E-state index contributed by atoms with van der Waals surface area (Å²) in [6.45, 7) is 2.47. The van der Waals surface area contributed by atoms with E-state index in [0.717, 1.165) is 5.56 Å². The highest BCUT2D eigenvalue weighted by atomic mass is 35.5. The highest BCUT2D eigenvalue weighted by molar-refractivity contribution is 6.31. The summed E-state index contributed by atoms with van der Waals surface area (Å²) in [4.78, 5) is 12.2. The molecule has 1 atom stereocenters. The number of carbonyl (C=O) groups excluding carboxylic acids is 1. The first kappa shape index (κ1) is 18.1. The second-order valence-electron chi connectivity index (χ2n) is 5.94. The topological polar surface area (TPSA) is 68.0 Å². The Morgan fingerprint density at radius 3 is 2.73 bits per heavy atom. The molecule has 1 heterocycles. The lowest BCUT2D eigenvalue weighted by molar-refractivity contribution is 0.0915. The third-order valence-corrected chi connectivity index (χ3v) is 4.31. The molecule has 1 N–H and O–H groups in total. The number of nitrogens with zero attached hydrogens (tertiary/aromatic N) is 2. The molecule has 0 aliphatic rings. The quantitative estimate of drug-likeness (QED) is 0.709. The zero-order valence-corrected chi connectivity index (χ0v) is 14.8. The molecule has 0 aliphatic carbocycles. The third kappa shape index (κ3) is 4.46. The van der Waals surface area contributed by atoms with Crippen molar-refractivity contribution >= 4 is 17.5 Å². The molecule has 0 saturated heterocycles. The van der Waals surface area contributed by atoms with Gasteiger partial charge in [-0.1, -0.05) is 54.9 Å². The fraction of sp³-hybridized carbons (Fsp3) is 0.211. The van der Waals surface area contributed by atoms with Crippen LogP contribution in [0.3, 0.4) is 0 Å². The predicted octanol–water partition coefficient (Wildman–Crippen LogP) is 3.99. The summed E-state index contributed by atoms with van der Waals surface area (Å²) in [5.41, 5.74) is 1.77. The normalized spacial score (nSPS) is 12.0. The number of nitrogens with one attached hydrogen (secondary N) is 1. The van der Waals surface area contributed by atoms with Crippen LogP contribution < -0.4 is 5.32 Å². The van der Waals surface area contributed by atoms with Crippen molar-refractivity contribution in [1.82, 2.24) is 15.5 Å². The highest BCUT2D eigenvalue weighted by Crippen LogP contribution is 2.20. The van der Waals surface area contributed by atoms with Crippen LogP contribution in [0, 0.1) is 5.82 Å². The second-order valence-corrected chi connectivity index (χ2v) is 6.34. The van der Waals surface area contributed by atoms with E-state index >= 15 is 0 Å². The molecule has 134 valence electrons. The molecule has 0 bridgehead atoms. The SMILES string of the molecule is C[C@@H](CNC(=O)c1nnc(Cc2ccc(F)cc2Cl)o1)c1ccccc1. The third-order valence-electron chi connectivity index (χ3n) is 3.96. The Bertz CT molecular complexity index is 899. The lowest BCUT2D eigenvalue weighted by Crippen LogP contribution is -2.27. The average molecular weight is 374 g/mol. The van der Waals surface area contributed by atoms with Gasteiger partial charge in [-0.25, -0.2) is 4.39 Å². The Hall–Kier alpha value is -2.73. The zero-order chi connectivity index (χ0) is 18.5. The Morgan fingerprint density at radius 1 is 1.23 bits per heavy atom. The van der Waals surface area contributed by atoms with Gasteiger partial charge in [0.05, 0.1) is 6.42 Å². The number of rotatable bonds is 6. The maximum Gasteiger partial charge on any atom is 0.308 e. The minimum absolute atomic E-state index is 0.113. The smallest absolute Gasteiger partial charge is 0.308 e. The first-order valence-electron chi connectivity index (χ1n) is 8.12. The van der Waals surface area contributed by atoms with E-state index in [1.165, 1.54) is 12.1 Å². The van der Waals surface area contributed by atoms with Crippen molar-refractivity contribution in [3.8, 4) is 0 Å². The van der Waals surface area contributed by atoms with Gasteiger partial charge in [0.25, 0.3) is 0 Å². The van der Waals surface area contributed by atoms with Crippen LogP contribution in [0.1, 0.15) is 40.5 Å². The van der Waals surface area contributed by atoms with Crippen LogP contribution in [-0.4, -0.2) is 22.6 Å². The molecule has 5 nitrogen and oxygen atoms in total. The number of aromatic nitrogens is 2. The number of amides is 1. The molecule has 0 fully saturated rings. The maximum atomic E-state index is 13.1. The lowest BCUT2D eigenvalue weighted by Gasteiger charge is -2.11. The van der Waals surface area contributed by atoms with Gasteiger partial charge in [0.2, 0.25) is 5.89 Å². The van der Waals surface area contributed by atoms with Crippen LogP contribution in [0.25, 0.3) is 0 Å². The molecular weight excluding hydrogens is 357 g/mol. The summed E-state index contributed by atoms with van der Waals surface area (Å²) in [6.07, 6.45) is 0.222. The highest BCUT2D eigenvalue weighted by Gasteiger charge is 2.17. The molecule has 2 aromatic carbocycles. The van der Waals surface area contributed by atoms with Crippen LogP contribution >= 0.6 is 11.6 Å². The summed E-state index contributed by atoms with van der Waals surface area (Å²) < 4.78 is 18.5. The number of benzene rings is 2. The van der Waals surface area contributed by atoms with Crippen molar-refractivity contribution in [1.29, 1.82) is 0 Å². The van der Waals surface area contributed by atoms with Gasteiger partial charge in [-0.05, 0) is 29.2 Å². The molecule has 3 aromatic rings. The Balaban J connectivity index is 1.59. The zero-order valence-electron chi connectivity index (χ0n) is 14.1. The fourth-order valence-electron chi connectivity index (χ4n) is 2.47. The van der Waals surface area contributed by atoms with Crippen molar-refractivity contribution in [3.05, 3.63) is 82.3 Å². The Morgan fingerprint density at radius 2 is 2.00 bits per heavy atom. The van der Waals surface area contributed by atoms with Gasteiger partial charge in [0.1, 0.15) is 5.82 Å². The van der Waals surface area contributed by atoms with E-state index < -0.39 is 11.7 Å². The van der Waals surface area contributed by atoms with Gasteiger partial charge in [-0.2, -0.15) is 0 Å². The molecule has 26 heavy (non-hydrogen) atoms. The largest absolute Gasteiger partial charge is 0.417 e. The van der Waals surface area contributed by atoms with Crippen molar-refractivity contribution in [3.63, 3.8) is 0 Å². The molecule has 0 radical (unpaired) electrons. The molecule has 0 unspecified atom stereocenters. The minimum Gasteiger partial charge on any atom is -0.417 e. The molecule has 0 aliphatic heterocycles. The van der Waals surface area contributed by atoms with Crippen molar-refractivity contribution in [2.75, 3.05) is 6.54 Å². The van der Waals surface area contributed by atoms with E-state index in [1.54, 1.807) is 6.07 Å². The van der Waals surface area contributed by atoms with Crippen LogP contribution in [0.4, 0.5) is 4.39 Å². The second kappa shape index (κ2) is 8.10. The van der Waals surface area contributed by atoms with E-state index in [-0.39, 0.29) is 29.1 Å². The molecule has 7 heteroatoms. The van der Waals surface area contributed by atoms with Crippen molar-refractivity contribution < 1.29 is 13.6 Å². The first-order valence-corrected chi connectivity index (χ1v) is 8.50. The van der Waals surface area contributed by atoms with E-state index in [0.29, 0.717) is 12.1 Å². The van der Waals surface area contributed by atoms with Crippen molar-refractivity contribution in [2.45, 2.75) is 19.3 Å². The summed E-state index contributed by atoms with van der Waals surface area (Å²) in [7, 11) is 0. The summed E-state index contributed by atoms with van der Waals surface area (Å²) in [5.74, 6) is -0.576. The predicted molar refractivity (Wildman–Crippen MR) is 95.7 cm³/mol. The summed E-state index contributed by atoms with van der Waals surface area (Å²) in [6, 6.07) is 13.9. The van der Waals surface area contributed by atoms with Crippen molar-refractivity contribution in [2.24, 2.45) is 0 Å². The standard InChI is InChI=1S/C19H17ClFN3O2/c1-12(13-5-3-2-4-6-13)11-22-18(25)19-24-23-17(26-19)9-14-7-8-15(21)10-16(14)20/h2-8,10,12H,9,11H2,1H3,(H,22,25)/t12-/m0/s1. The lowest BCUT2D eigenvalue weighted by atomic mass is 10.0. The van der Waals surface area contributed by atoms with E-state index in [4.69, 9.17) is 16.0 Å². The average Bonchev–Trinajstić information content (AvgIpc) is 3.11. The molecular formula is C19H17ClFN3O2. The van der Waals surface area contributed by atoms with Crippen LogP contribution in [0.2, 0.25) is 5.02 Å².